The highest BCUT2D eigenvalue weighted by Crippen LogP contribution is 2.13. The van der Waals surface area contributed by atoms with Crippen molar-refractivity contribution in [3.63, 3.8) is 0 Å². The molecule has 1 heterocycles. The number of hydrogen-bond acceptors (Lipinski definition) is 2. The van der Waals surface area contributed by atoms with Crippen molar-refractivity contribution >= 4 is 11.6 Å². The molecule has 0 aliphatic carbocycles. The Morgan fingerprint density at radius 3 is 2.21 bits per heavy atom. The van der Waals surface area contributed by atoms with E-state index >= 15 is 0 Å². The zero-order valence-corrected chi connectivity index (χ0v) is 8.67. The van der Waals surface area contributed by atoms with E-state index in [4.69, 9.17) is 21.1 Å². The minimum Gasteiger partial charge on any atom is -0.350 e. The minimum absolute atomic E-state index is 0.0585. The summed E-state index contributed by atoms with van der Waals surface area (Å²) in [5.74, 6) is 0.566. The summed E-state index contributed by atoms with van der Waals surface area (Å²) in [5.41, 5.74) is 2.37. The maximum absolute atomic E-state index is 5.70. The largest absolute Gasteiger partial charge is 0.350 e. The SMILES string of the molecule is ClCc1ccc(CC2OCCO2)cc1. The molecule has 0 spiro atoms. The molecule has 0 saturated carbocycles. The third-order valence-electron chi connectivity index (χ3n) is 2.27. The van der Waals surface area contributed by atoms with Gasteiger partial charge in [-0.1, -0.05) is 24.3 Å². The van der Waals surface area contributed by atoms with E-state index in [2.05, 4.69) is 12.1 Å². The molecule has 76 valence electrons. The van der Waals surface area contributed by atoms with Crippen molar-refractivity contribution in [2.75, 3.05) is 13.2 Å². The summed E-state index contributed by atoms with van der Waals surface area (Å²) in [4.78, 5) is 0. The lowest BCUT2D eigenvalue weighted by molar-refractivity contribution is -0.0399. The minimum atomic E-state index is -0.0585. The van der Waals surface area contributed by atoms with Crippen LogP contribution in [-0.4, -0.2) is 19.5 Å². The lowest BCUT2D eigenvalue weighted by atomic mass is 10.1. The van der Waals surface area contributed by atoms with Gasteiger partial charge < -0.3 is 9.47 Å². The predicted octanol–water partition coefficient (Wildman–Crippen LogP) is 2.34. The molecule has 1 aromatic rings. The van der Waals surface area contributed by atoms with Crippen LogP contribution in [0, 0.1) is 0 Å². The summed E-state index contributed by atoms with van der Waals surface area (Å²) in [6, 6.07) is 8.22. The number of benzene rings is 1. The fraction of sp³-hybridized carbons (Fsp3) is 0.455. The molecule has 1 fully saturated rings. The second-order valence-corrected chi connectivity index (χ2v) is 3.59. The average molecular weight is 213 g/mol. The third kappa shape index (κ3) is 2.47. The first-order valence-electron chi connectivity index (χ1n) is 4.75. The van der Waals surface area contributed by atoms with Crippen LogP contribution in [0.1, 0.15) is 11.1 Å². The maximum Gasteiger partial charge on any atom is 0.161 e. The molecule has 0 radical (unpaired) electrons. The summed E-state index contributed by atoms with van der Waals surface area (Å²) in [5, 5.41) is 0. The van der Waals surface area contributed by atoms with Crippen molar-refractivity contribution in [2.24, 2.45) is 0 Å². The lowest BCUT2D eigenvalue weighted by Gasteiger charge is -2.08. The lowest BCUT2D eigenvalue weighted by Crippen LogP contribution is -2.10. The van der Waals surface area contributed by atoms with Crippen LogP contribution in [0.2, 0.25) is 0 Å². The van der Waals surface area contributed by atoms with Crippen LogP contribution in [0.4, 0.5) is 0 Å². The Bertz CT molecular complexity index is 278. The van der Waals surface area contributed by atoms with Gasteiger partial charge in [0.05, 0.1) is 13.2 Å². The number of alkyl halides is 1. The van der Waals surface area contributed by atoms with E-state index in [0.29, 0.717) is 19.1 Å². The van der Waals surface area contributed by atoms with Crippen molar-refractivity contribution < 1.29 is 9.47 Å². The number of halogens is 1. The fourth-order valence-electron chi connectivity index (χ4n) is 1.48. The first kappa shape index (κ1) is 9.97. The molecule has 1 saturated heterocycles. The van der Waals surface area contributed by atoms with Gasteiger partial charge in [-0.25, -0.2) is 0 Å². The van der Waals surface area contributed by atoms with Gasteiger partial charge in [-0.2, -0.15) is 0 Å². The Balaban J connectivity index is 1.95. The van der Waals surface area contributed by atoms with E-state index in [1.807, 2.05) is 12.1 Å². The molecule has 0 N–H and O–H groups in total. The molecule has 2 nitrogen and oxygen atoms in total. The zero-order valence-electron chi connectivity index (χ0n) is 7.91. The second kappa shape index (κ2) is 4.78. The van der Waals surface area contributed by atoms with Crippen LogP contribution >= 0.6 is 11.6 Å². The van der Waals surface area contributed by atoms with Gasteiger partial charge in [0.1, 0.15) is 0 Å². The molecule has 3 heteroatoms. The fourth-order valence-corrected chi connectivity index (χ4v) is 1.66. The van der Waals surface area contributed by atoms with Crippen molar-refractivity contribution in [2.45, 2.75) is 18.6 Å². The zero-order chi connectivity index (χ0) is 9.80. The Morgan fingerprint density at radius 1 is 1.07 bits per heavy atom. The average Bonchev–Trinajstić information content (AvgIpc) is 2.72. The summed E-state index contributed by atoms with van der Waals surface area (Å²) in [7, 11) is 0. The Morgan fingerprint density at radius 2 is 1.64 bits per heavy atom. The Labute approximate surface area is 88.8 Å². The monoisotopic (exact) mass is 212 g/mol. The van der Waals surface area contributed by atoms with Gasteiger partial charge in [0.2, 0.25) is 0 Å². The van der Waals surface area contributed by atoms with E-state index in [1.54, 1.807) is 0 Å². The smallest absolute Gasteiger partial charge is 0.161 e. The van der Waals surface area contributed by atoms with Gasteiger partial charge in [0, 0.05) is 12.3 Å². The normalized spacial score (nSPS) is 17.5. The van der Waals surface area contributed by atoms with E-state index in [0.717, 1.165) is 12.0 Å². The van der Waals surface area contributed by atoms with Crippen molar-refractivity contribution in [1.82, 2.24) is 0 Å². The molecule has 0 atom stereocenters. The van der Waals surface area contributed by atoms with Crippen LogP contribution in [0.25, 0.3) is 0 Å². The molecular weight excluding hydrogens is 200 g/mol. The highest BCUT2D eigenvalue weighted by molar-refractivity contribution is 6.17. The van der Waals surface area contributed by atoms with E-state index in [-0.39, 0.29) is 6.29 Å². The molecule has 14 heavy (non-hydrogen) atoms. The quantitative estimate of drug-likeness (QED) is 0.717. The van der Waals surface area contributed by atoms with E-state index in [1.165, 1.54) is 5.56 Å². The molecule has 1 aromatic carbocycles. The van der Waals surface area contributed by atoms with Gasteiger partial charge in [-0.05, 0) is 11.1 Å². The highest BCUT2D eigenvalue weighted by atomic mass is 35.5. The van der Waals surface area contributed by atoms with Crippen LogP contribution in [0.3, 0.4) is 0 Å². The van der Waals surface area contributed by atoms with E-state index in [9.17, 15) is 0 Å². The molecule has 0 amide bonds. The molecule has 0 bridgehead atoms. The van der Waals surface area contributed by atoms with Crippen LogP contribution in [0.15, 0.2) is 24.3 Å². The third-order valence-corrected chi connectivity index (χ3v) is 2.58. The molecule has 1 aliphatic rings. The molecular formula is C11H13ClO2. The molecule has 2 rings (SSSR count). The van der Waals surface area contributed by atoms with Gasteiger partial charge in [-0.15, -0.1) is 11.6 Å². The second-order valence-electron chi connectivity index (χ2n) is 3.33. The maximum atomic E-state index is 5.70. The first-order chi connectivity index (χ1) is 6.88. The van der Waals surface area contributed by atoms with Crippen molar-refractivity contribution in [1.29, 1.82) is 0 Å². The number of ether oxygens (including phenoxy) is 2. The van der Waals surface area contributed by atoms with Crippen molar-refractivity contribution in [3.8, 4) is 0 Å². The highest BCUT2D eigenvalue weighted by Gasteiger charge is 2.15. The Kier molecular flexibility index (Phi) is 3.40. The number of rotatable bonds is 3. The first-order valence-corrected chi connectivity index (χ1v) is 5.29. The van der Waals surface area contributed by atoms with Crippen molar-refractivity contribution in [3.05, 3.63) is 35.4 Å². The standard InChI is InChI=1S/C11H13ClO2/c12-8-10-3-1-9(2-4-10)7-11-13-5-6-14-11/h1-4,11H,5-8H2. The molecule has 0 unspecified atom stereocenters. The van der Waals surface area contributed by atoms with Crippen LogP contribution < -0.4 is 0 Å². The predicted molar refractivity (Wildman–Crippen MR) is 55.4 cm³/mol. The number of hydrogen-bond donors (Lipinski definition) is 0. The molecule has 1 aliphatic heterocycles. The Hall–Kier alpha value is -0.570. The van der Waals surface area contributed by atoms with Crippen LogP contribution in [-0.2, 0) is 21.8 Å². The van der Waals surface area contributed by atoms with Crippen LogP contribution in [0.5, 0.6) is 0 Å². The van der Waals surface area contributed by atoms with Gasteiger partial charge in [0.25, 0.3) is 0 Å². The summed E-state index contributed by atoms with van der Waals surface area (Å²) < 4.78 is 10.7. The summed E-state index contributed by atoms with van der Waals surface area (Å²) >= 11 is 5.70. The van der Waals surface area contributed by atoms with Gasteiger partial charge in [-0.3, -0.25) is 0 Å². The molecule has 0 aromatic heterocycles. The van der Waals surface area contributed by atoms with E-state index < -0.39 is 0 Å². The summed E-state index contributed by atoms with van der Waals surface area (Å²) in [6.07, 6.45) is 0.764. The van der Waals surface area contributed by atoms with Gasteiger partial charge in [0.15, 0.2) is 6.29 Å². The topological polar surface area (TPSA) is 18.5 Å². The van der Waals surface area contributed by atoms with Gasteiger partial charge >= 0.3 is 0 Å². The summed E-state index contributed by atoms with van der Waals surface area (Å²) in [6.45, 7) is 1.43.